The van der Waals surface area contributed by atoms with Crippen molar-refractivity contribution in [3.8, 4) is 0 Å². The molecule has 1 N–H and O–H groups in total. The molecule has 1 aromatic rings. The van der Waals surface area contributed by atoms with E-state index in [4.69, 9.17) is 0 Å². The summed E-state index contributed by atoms with van der Waals surface area (Å²) < 4.78 is 2.02. The lowest BCUT2D eigenvalue weighted by Gasteiger charge is -1.99. The van der Waals surface area contributed by atoms with E-state index in [9.17, 15) is 0 Å². The molecule has 1 aromatic heterocycles. The smallest absolute Gasteiger partial charge is 0.0534 e. The van der Waals surface area contributed by atoms with Crippen molar-refractivity contribution in [1.82, 2.24) is 15.1 Å². The predicted molar refractivity (Wildman–Crippen MR) is 62.6 cm³/mol. The minimum absolute atomic E-state index is 0.928. The van der Waals surface area contributed by atoms with Crippen LogP contribution in [0.4, 0.5) is 0 Å². The molecule has 1 rings (SSSR count). The normalized spacial score (nSPS) is 10.7. The van der Waals surface area contributed by atoms with Gasteiger partial charge in [0.1, 0.15) is 0 Å². The van der Waals surface area contributed by atoms with Gasteiger partial charge in [-0.05, 0) is 12.3 Å². The summed E-state index contributed by atoms with van der Waals surface area (Å²) in [7, 11) is 0. The number of nitrogens with one attached hydrogen (secondary N) is 1. The fourth-order valence-corrected chi connectivity index (χ4v) is 1.80. The first-order valence-corrected chi connectivity index (χ1v) is 6.32. The molecule has 0 radical (unpaired) electrons. The Morgan fingerprint density at radius 3 is 3.07 bits per heavy atom. The molecule has 1 heterocycles. The second-order valence-electron chi connectivity index (χ2n) is 3.09. The van der Waals surface area contributed by atoms with E-state index >= 15 is 0 Å². The van der Waals surface area contributed by atoms with Crippen LogP contribution in [0.2, 0.25) is 0 Å². The summed E-state index contributed by atoms with van der Waals surface area (Å²) in [6, 6.07) is 0. The molecule has 0 saturated heterocycles. The van der Waals surface area contributed by atoms with Gasteiger partial charge < -0.3 is 5.32 Å². The number of nitrogens with zero attached hydrogens (tertiary/aromatic N) is 2. The van der Waals surface area contributed by atoms with Crippen molar-refractivity contribution in [2.24, 2.45) is 0 Å². The second kappa shape index (κ2) is 6.90. The second-order valence-corrected chi connectivity index (χ2v) is 4.48. The molecule has 0 bridgehead atoms. The SMILES string of the molecule is CCNCc1cnn(CCSCC)c1. The minimum atomic E-state index is 0.928. The largest absolute Gasteiger partial charge is 0.313 e. The molecule has 0 aromatic carbocycles. The molecule has 0 aliphatic heterocycles. The summed E-state index contributed by atoms with van der Waals surface area (Å²) in [4.78, 5) is 0. The maximum atomic E-state index is 4.30. The molecular formula is C10H19N3S. The summed E-state index contributed by atoms with van der Waals surface area (Å²) in [5.41, 5.74) is 1.27. The Kier molecular flexibility index (Phi) is 5.71. The first kappa shape index (κ1) is 11.6. The number of aryl methyl sites for hydroxylation is 1. The minimum Gasteiger partial charge on any atom is -0.313 e. The van der Waals surface area contributed by atoms with Crippen LogP contribution in [0.3, 0.4) is 0 Å². The van der Waals surface area contributed by atoms with Gasteiger partial charge in [-0.25, -0.2) is 0 Å². The Balaban J connectivity index is 2.27. The van der Waals surface area contributed by atoms with Crippen LogP contribution >= 0.6 is 11.8 Å². The maximum Gasteiger partial charge on any atom is 0.0534 e. The van der Waals surface area contributed by atoms with E-state index in [-0.39, 0.29) is 0 Å². The van der Waals surface area contributed by atoms with E-state index in [1.54, 1.807) is 0 Å². The van der Waals surface area contributed by atoms with Gasteiger partial charge >= 0.3 is 0 Å². The number of thioether (sulfide) groups is 1. The fourth-order valence-electron chi connectivity index (χ4n) is 1.19. The van der Waals surface area contributed by atoms with Crippen LogP contribution in [0, 0.1) is 0 Å². The average Bonchev–Trinajstić information content (AvgIpc) is 2.63. The lowest BCUT2D eigenvalue weighted by atomic mass is 10.3. The molecule has 0 fully saturated rings. The Bertz CT molecular complexity index is 247. The van der Waals surface area contributed by atoms with Gasteiger partial charge in [-0.3, -0.25) is 4.68 Å². The monoisotopic (exact) mass is 213 g/mol. The third kappa shape index (κ3) is 4.15. The van der Waals surface area contributed by atoms with Gasteiger partial charge in [0, 0.05) is 30.6 Å². The quantitative estimate of drug-likeness (QED) is 0.700. The Hall–Kier alpha value is -0.480. The third-order valence-electron chi connectivity index (χ3n) is 1.93. The highest BCUT2D eigenvalue weighted by molar-refractivity contribution is 7.99. The van der Waals surface area contributed by atoms with Crippen molar-refractivity contribution in [3.63, 3.8) is 0 Å². The number of aromatic nitrogens is 2. The van der Waals surface area contributed by atoms with Gasteiger partial charge in [0.15, 0.2) is 0 Å². The van der Waals surface area contributed by atoms with Gasteiger partial charge in [-0.1, -0.05) is 13.8 Å². The molecule has 0 aliphatic rings. The maximum absolute atomic E-state index is 4.30. The van der Waals surface area contributed by atoms with Crippen molar-refractivity contribution < 1.29 is 0 Å². The highest BCUT2D eigenvalue weighted by Crippen LogP contribution is 2.02. The zero-order valence-corrected chi connectivity index (χ0v) is 9.81. The molecule has 0 aliphatic carbocycles. The number of hydrogen-bond acceptors (Lipinski definition) is 3. The highest BCUT2D eigenvalue weighted by atomic mass is 32.2. The van der Waals surface area contributed by atoms with E-state index in [2.05, 4.69) is 30.5 Å². The molecule has 4 heteroatoms. The molecule has 0 spiro atoms. The molecule has 0 saturated carbocycles. The van der Waals surface area contributed by atoms with Gasteiger partial charge in [-0.15, -0.1) is 0 Å². The summed E-state index contributed by atoms with van der Waals surface area (Å²) in [5, 5.41) is 7.59. The van der Waals surface area contributed by atoms with E-state index in [1.807, 2.05) is 22.6 Å². The predicted octanol–water partition coefficient (Wildman–Crippen LogP) is 1.75. The summed E-state index contributed by atoms with van der Waals surface area (Å²) in [5.74, 6) is 2.34. The zero-order chi connectivity index (χ0) is 10.2. The fraction of sp³-hybridized carbons (Fsp3) is 0.700. The average molecular weight is 213 g/mol. The molecule has 3 nitrogen and oxygen atoms in total. The van der Waals surface area contributed by atoms with E-state index in [0.29, 0.717) is 0 Å². The first-order chi connectivity index (χ1) is 6.86. The molecule has 0 atom stereocenters. The zero-order valence-electron chi connectivity index (χ0n) is 8.99. The molecule has 0 amide bonds. The van der Waals surface area contributed by atoms with Gasteiger partial charge in [-0.2, -0.15) is 16.9 Å². The third-order valence-corrected chi connectivity index (χ3v) is 2.81. The summed E-state index contributed by atoms with van der Waals surface area (Å²) >= 11 is 1.95. The number of hydrogen-bond donors (Lipinski definition) is 1. The topological polar surface area (TPSA) is 29.9 Å². The lowest BCUT2D eigenvalue weighted by Crippen LogP contribution is -2.11. The van der Waals surface area contributed by atoms with Crippen LogP contribution in [-0.4, -0.2) is 27.8 Å². The van der Waals surface area contributed by atoms with Crippen molar-refractivity contribution in [3.05, 3.63) is 18.0 Å². The molecule has 0 unspecified atom stereocenters. The Morgan fingerprint density at radius 2 is 2.36 bits per heavy atom. The molecular weight excluding hydrogens is 194 g/mol. The van der Waals surface area contributed by atoms with Crippen molar-refractivity contribution >= 4 is 11.8 Å². The van der Waals surface area contributed by atoms with Crippen molar-refractivity contribution in [2.45, 2.75) is 26.9 Å². The highest BCUT2D eigenvalue weighted by Gasteiger charge is 1.97. The first-order valence-electron chi connectivity index (χ1n) is 5.16. The Morgan fingerprint density at radius 1 is 1.50 bits per heavy atom. The van der Waals surface area contributed by atoms with E-state index < -0.39 is 0 Å². The Labute approximate surface area is 90.3 Å². The number of rotatable bonds is 7. The van der Waals surface area contributed by atoms with Crippen LogP contribution in [0.1, 0.15) is 19.4 Å². The summed E-state index contributed by atoms with van der Waals surface area (Å²) in [6.45, 7) is 7.26. The van der Waals surface area contributed by atoms with Crippen molar-refractivity contribution in [2.75, 3.05) is 18.1 Å². The van der Waals surface area contributed by atoms with Crippen molar-refractivity contribution in [1.29, 1.82) is 0 Å². The van der Waals surface area contributed by atoms with Gasteiger partial charge in [0.25, 0.3) is 0 Å². The molecule has 80 valence electrons. The standard InChI is InChI=1S/C10H19N3S/c1-3-11-7-10-8-12-13(9-10)5-6-14-4-2/h8-9,11H,3-7H2,1-2H3. The van der Waals surface area contributed by atoms with Crippen LogP contribution in [0.5, 0.6) is 0 Å². The van der Waals surface area contributed by atoms with Crippen LogP contribution in [-0.2, 0) is 13.1 Å². The molecule has 14 heavy (non-hydrogen) atoms. The van der Waals surface area contributed by atoms with Gasteiger partial charge in [0.05, 0.1) is 6.20 Å². The van der Waals surface area contributed by atoms with E-state index in [1.165, 1.54) is 11.3 Å². The van der Waals surface area contributed by atoms with Crippen LogP contribution in [0.25, 0.3) is 0 Å². The summed E-state index contributed by atoms with van der Waals surface area (Å²) in [6.07, 6.45) is 4.07. The lowest BCUT2D eigenvalue weighted by molar-refractivity contribution is 0.663. The van der Waals surface area contributed by atoms with Crippen LogP contribution in [0.15, 0.2) is 12.4 Å². The van der Waals surface area contributed by atoms with Gasteiger partial charge in [0.2, 0.25) is 0 Å². The van der Waals surface area contributed by atoms with E-state index in [0.717, 1.165) is 25.4 Å². The van der Waals surface area contributed by atoms with Crippen LogP contribution < -0.4 is 5.32 Å².